The molecule has 0 saturated carbocycles. The van der Waals surface area contributed by atoms with Crippen LogP contribution in [0.4, 0.5) is 0 Å². The van der Waals surface area contributed by atoms with Crippen molar-refractivity contribution in [3.05, 3.63) is 29.8 Å². The predicted octanol–water partition coefficient (Wildman–Crippen LogP) is 2.65. The van der Waals surface area contributed by atoms with Gasteiger partial charge in [0, 0.05) is 13.1 Å². The molecular formula is C18H28N2O2. The molecule has 1 aliphatic rings. The van der Waals surface area contributed by atoms with Crippen LogP contribution in [0.1, 0.15) is 38.2 Å². The Morgan fingerprint density at radius 3 is 2.73 bits per heavy atom. The van der Waals surface area contributed by atoms with Crippen molar-refractivity contribution in [2.24, 2.45) is 5.92 Å². The molecule has 1 aromatic rings. The smallest absolute Gasteiger partial charge is 0.260 e. The van der Waals surface area contributed by atoms with Crippen molar-refractivity contribution in [3.63, 3.8) is 0 Å². The SMILES string of the molecule is CNCC1CCN(C(=O)COc2cccc(C(C)C)c2)CC1. The highest BCUT2D eigenvalue weighted by Gasteiger charge is 2.22. The lowest BCUT2D eigenvalue weighted by atomic mass is 9.97. The fraction of sp³-hybridized carbons (Fsp3) is 0.611. The Kier molecular flexibility index (Phi) is 6.25. The lowest BCUT2D eigenvalue weighted by Crippen LogP contribution is -2.42. The summed E-state index contributed by atoms with van der Waals surface area (Å²) >= 11 is 0. The summed E-state index contributed by atoms with van der Waals surface area (Å²) in [4.78, 5) is 14.2. The summed E-state index contributed by atoms with van der Waals surface area (Å²) < 4.78 is 5.68. The van der Waals surface area contributed by atoms with E-state index in [-0.39, 0.29) is 12.5 Å². The Hall–Kier alpha value is -1.55. The molecule has 1 aromatic carbocycles. The molecule has 1 heterocycles. The van der Waals surface area contributed by atoms with Gasteiger partial charge in [-0.2, -0.15) is 0 Å². The zero-order valence-electron chi connectivity index (χ0n) is 14.0. The van der Waals surface area contributed by atoms with Gasteiger partial charge in [0.2, 0.25) is 0 Å². The van der Waals surface area contributed by atoms with E-state index in [0.717, 1.165) is 38.2 Å². The number of nitrogens with one attached hydrogen (secondary N) is 1. The van der Waals surface area contributed by atoms with Gasteiger partial charge >= 0.3 is 0 Å². The maximum atomic E-state index is 12.2. The molecule has 1 amide bonds. The monoisotopic (exact) mass is 304 g/mol. The molecule has 4 heteroatoms. The van der Waals surface area contributed by atoms with Gasteiger partial charge in [-0.05, 0) is 56.0 Å². The van der Waals surface area contributed by atoms with Crippen molar-refractivity contribution in [1.82, 2.24) is 10.2 Å². The molecule has 0 aliphatic carbocycles. The molecule has 1 fully saturated rings. The molecule has 1 aliphatic heterocycles. The van der Waals surface area contributed by atoms with Crippen molar-refractivity contribution >= 4 is 5.91 Å². The number of nitrogens with zero attached hydrogens (tertiary/aromatic N) is 1. The summed E-state index contributed by atoms with van der Waals surface area (Å²) in [5, 5.41) is 3.21. The lowest BCUT2D eigenvalue weighted by molar-refractivity contribution is -0.134. The van der Waals surface area contributed by atoms with Gasteiger partial charge in [0.25, 0.3) is 5.91 Å². The minimum Gasteiger partial charge on any atom is -0.484 e. The second-order valence-electron chi connectivity index (χ2n) is 6.40. The summed E-state index contributed by atoms with van der Waals surface area (Å²) in [5.41, 5.74) is 1.23. The Balaban J connectivity index is 1.79. The number of amides is 1. The molecule has 22 heavy (non-hydrogen) atoms. The first kappa shape index (κ1) is 16.8. The van der Waals surface area contributed by atoms with Crippen LogP contribution in [-0.4, -0.2) is 44.1 Å². The summed E-state index contributed by atoms with van der Waals surface area (Å²) in [6.45, 7) is 7.18. The highest BCUT2D eigenvalue weighted by Crippen LogP contribution is 2.21. The van der Waals surface area contributed by atoms with Crippen molar-refractivity contribution in [1.29, 1.82) is 0 Å². The molecule has 1 saturated heterocycles. The maximum Gasteiger partial charge on any atom is 0.260 e. The molecule has 1 N–H and O–H groups in total. The number of benzene rings is 1. The number of likely N-dealkylation sites (tertiary alicyclic amines) is 1. The molecule has 122 valence electrons. The molecule has 2 rings (SSSR count). The third kappa shape index (κ3) is 4.73. The Morgan fingerprint density at radius 2 is 2.09 bits per heavy atom. The van der Waals surface area contributed by atoms with Crippen LogP contribution in [0.5, 0.6) is 5.75 Å². The van der Waals surface area contributed by atoms with Gasteiger partial charge in [-0.1, -0.05) is 26.0 Å². The lowest BCUT2D eigenvalue weighted by Gasteiger charge is -2.31. The Bertz CT molecular complexity index is 480. The van der Waals surface area contributed by atoms with Crippen LogP contribution in [0.2, 0.25) is 0 Å². The second kappa shape index (κ2) is 8.18. The van der Waals surface area contributed by atoms with Crippen molar-refractivity contribution < 1.29 is 9.53 Å². The first-order chi connectivity index (χ1) is 10.6. The average molecular weight is 304 g/mol. The van der Waals surface area contributed by atoms with Crippen LogP contribution >= 0.6 is 0 Å². The van der Waals surface area contributed by atoms with Crippen LogP contribution < -0.4 is 10.1 Å². The topological polar surface area (TPSA) is 41.6 Å². The van der Waals surface area contributed by atoms with E-state index in [1.54, 1.807) is 0 Å². The molecule has 0 atom stereocenters. The molecule has 0 radical (unpaired) electrons. The summed E-state index contributed by atoms with van der Waals surface area (Å²) in [7, 11) is 1.98. The van der Waals surface area contributed by atoms with E-state index < -0.39 is 0 Å². The van der Waals surface area contributed by atoms with Crippen LogP contribution in [0.25, 0.3) is 0 Å². The number of carbonyl (C=O) groups excluding carboxylic acids is 1. The predicted molar refractivity (Wildman–Crippen MR) is 89.3 cm³/mol. The second-order valence-corrected chi connectivity index (χ2v) is 6.40. The molecule has 0 aromatic heterocycles. The number of hydrogen-bond donors (Lipinski definition) is 1. The largest absolute Gasteiger partial charge is 0.484 e. The zero-order chi connectivity index (χ0) is 15.9. The summed E-state index contributed by atoms with van der Waals surface area (Å²) in [5.74, 6) is 2.03. The first-order valence-electron chi connectivity index (χ1n) is 8.25. The van der Waals surface area contributed by atoms with Crippen molar-refractivity contribution in [2.45, 2.75) is 32.6 Å². The molecule has 0 spiro atoms. The minimum atomic E-state index is 0.0952. The third-order valence-electron chi connectivity index (χ3n) is 4.35. The maximum absolute atomic E-state index is 12.2. The Labute approximate surface area is 133 Å². The van der Waals surface area contributed by atoms with E-state index in [4.69, 9.17) is 4.74 Å². The highest BCUT2D eigenvalue weighted by molar-refractivity contribution is 5.77. The zero-order valence-corrected chi connectivity index (χ0v) is 14.0. The van der Waals surface area contributed by atoms with Crippen LogP contribution in [0.15, 0.2) is 24.3 Å². The van der Waals surface area contributed by atoms with Gasteiger partial charge in [-0.25, -0.2) is 0 Å². The van der Waals surface area contributed by atoms with Crippen LogP contribution in [0.3, 0.4) is 0 Å². The van der Waals surface area contributed by atoms with E-state index in [2.05, 4.69) is 25.2 Å². The van der Waals surface area contributed by atoms with E-state index in [9.17, 15) is 4.79 Å². The fourth-order valence-electron chi connectivity index (χ4n) is 2.87. The minimum absolute atomic E-state index is 0.0952. The molecular weight excluding hydrogens is 276 g/mol. The van der Waals surface area contributed by atoms with E-state index in [0.29, 0.717) is 11.8 Å². The van der Waals surface area contributed by atoms with Gasteiger partial charge in [-0.3, -0.25) is 4.79 Å². The average Bonchev–Trinajstić information content (AvgIpc) is 2.54. The fourth-order valence-corrected chi connectivity index (χ4v) is 2.87. The normalized spacial score (nSPS) is 16.1. The quantitative estimate of drug-likeness (QED) is 0.878. The van der Waals surface area contributed by atoms with Gasteiger partial charge in [0.15, 0.2) is 6.61 Å². The van der Waals surface area contributed by atoms with E-state index in [1.807, 2.05) is 30.1 Å². The van der Waals surface area contributed by atoms with E-state index in [1.165, 1.54) is 5.56 Å². The highest BCUT2D eigenvalue weighted by atomic mass is 16.5. The third-order valence-corrected chi connectivity index (χ3v) is 4.35. The van der Waals surface area contributed by atoms with E-state index >= 15 is 0 Å². The number of piperidine rings is 1. The standard InChI is InChI=1S/C18H28N2O2/c1-14(2)16-5-4-6-17(11-16)22-13-18(21)20-9-7-15(8-10-20)12-19-3/h4-6,11,14-15,19H,7-10,12-13H2,1-3H3. The van der Waals surface area contributed by atoms with Gasteiger partial charge < -0.3 is 15.0 Å². The summed E-state index contributed by atoms with van der Waals surface area (Å²) in [6.07, 6.45) is 2.16. The number of rotatable bonds is 6. The number of hydrogen-bond acceptors (Lipinski definition) is 3. The van der Waals surface area contributed by atoms with Gasteiger partial charge in [0.1, 0.15) is 5.75 Å². The van der Waals surface area contributed by atoms with Crippen molar-refractivity contribution in [2.75, 3.05) is 33.3 Å². The van der Waals surface area contributed by atoms with Gasteiger partial charge in [0.05, 0.1) is 0 Å². The van der Waals surface area contributed by atoms with Crippen LogP contribution in [-0.2, 0) is 4.79 Å². The molecule has 0 unspecified atom stereocenters. The van der Waals surface area contributed by atoms with Crippen LogP contribution in [0, 0.1) is 5.92 Å². The summed E-state index contributed by atoms with van der Waals surface area (Å²) in [6, 6.07) is 8.01. The van der Waals surface area contributed by atoms with Gasteiger partial charge in [-0.15, -0.1) is 0 Å². The number of carbonyl (C=O) groups is 1. The molecule has 0 bridgehead atoms. The first-order valence-corrected chi connectivity index (χ1v) is 8.25. The number of ether oxygens (including phenoxy) is 1. The van der Waals surface area contributed by atoms with Crippen molar-refractivity contribution in [3.8, 4) is 5.75 Å². The molecule has 4 nitrogen and oxygen atoms in total. The Morgan fingerprint density at radius 1 is 1.36 bits per heavy atom.